The Morgan fingerprint density at radius 2 is 2.11 bits per heavy atom. The van der Waals surface area contributed by atoms with Crippen LogP contribution in [0.15, 0.2) is 23.2 Å². The van der Waals surface area contributed by atoms with Crippen LogP contribution in [0.3, 0.4) is 0 Å². The normalized spacial score (nSPS) is 17.3. The Morgan fingerprint density at radius 1 is 1.42 bits per heavy atom. The number of hydrogen-bond donors (Lipinski definition) is 0. The highest BCUT2D eigenvalue weighted by Gasteiger charge is 2.40. The molecule has 1 aromatic rings. The maximum atomic E-state index is 13.6. The zero-order chi connectivity index (χ0) is 14.1. The van der Waals surface area contributed by atoms with Crippen LogP contribution in [0.2, 0.25) is 0 Å². The molecule has 0 spiro atoms. The van der Waals surface area contributed by atoms with Crippen LogP contribution < -0.4 is 4.74 Å². The third-order valence-corrected chi connectivity index (χ3v) is 3.65. The van der Waals surface area contributed by atoms with Crippen LogP contribution in [-0.2, 0) is 16.3 Å². The maximum Gasteiger partial charge on any atom is 0.274 e. The lowest BCUT2D eigenvalue weighted by Crippen LogP contribution is -2.32. The predicted octanol–water partition coefficient (Wildman–Crippen LogP) is 3.52. The largest absolute Gasteiger partial charge is 0.496 e. The summed E-state index contributed by atoms with van der Waals surface area (Å²) in [5, 5.41) is 0. The highest BCUT2D eigenvalue weighted by molar-refractivity contribution is 5.45. The molecule has 1 aromatic carbocycles. The number of carbonyl (C=O) groups excluding carboxylic acids is 1. The van der Waals surface area contributed by atoms with Gasteiger partial charge in [-0.25, -0.2) is 13.6 Å². The molecule has 0 amide bonds. The van der Waals surface area contributed by atoms with Crippen molar-refractivity contribution in [3.8, 4) is 5.75 Å². The van der Waals surface area contributed by atoms with E-state index in [2.05, 4.69) is 4.99 Å². The first-order valence-corrected chi connectivity index (χ1v) is 6.09. The Balaban J connectivity index is 2.52. The molecule has 1 saturated carbocycles. The van der Waals surface area contributed by atoms with Crippen molar-refractivity contribution in [1.29, 1.82) is 0 Å². The summed E-state index contributed by atoms with van der Waals surface area (Å²) in [5.41, 5.74) is -0.229. The molecule has 2 rings (SSSR count). The number of rotatable bonds is 4. The first kappa shape index (κ1) is 13.7. The van der Waals surface area contributed by atoms with Gasteiger partial charge >= 0.3 is 0 Å². The monoisotopic (exact) mass is 267 g/mol. The van der Waals surface area contributed by atoms with Crippen molar-refractivity contribution in [3.63, 3.8) is 0 Å². The number of hydrogen-bond acceptors (Lipinski definition) is 3. The van der Waals surface area contributed by atoms with Crippen LogP contribution in [0, 0.1) is 0 Å². The number of aliphatic imine (C=N–C) groups is 1. The Kier molecular flexibility index (Phi) is 3.42. The van der Waals surface area contributed by atoms with Gasteiger partial charge in [0, 0.05) is 6.92 Å². The predicted molar refractivity (Wildman–Crippen MR) is 66.2 cm³/mol. The average molecular weight is 267 g/mol. The summed E-state index contributed by atoms with van der Waals surface area (Å²) in [6.45, 7) is 0.824. The quantitative estimate of drug-likeness (QED) is 0.618. The van der Waals surface area contributed by atoms with E-state index in [1.807, 2.05) is 0 Å². The minimum absolute atomic E-state index is 0.140. The summed E-state index contributed by atoms with van der Waals surface area (Å²) in [5.74, 6) is -2.86. The molecule has 0 aliphatic heterocycles. The van der Waals surface area contributed by atoms with Gasteiger partial charge in [-0.3, -0.25) is 0 Å². The third kappa shape index (κ3) is 2.38. The van der Waals surface area contributed by atoms with Crippen LogP contribution in [0.5, 0.6) is 5.75 Å². The van der Waals surface area contributed by atoms with E-state index in [-0.39, 0.29) is 11.3 Å². The molecule has 1 fully saturated rings. The molecule has 1 aliphatic carbocycles. The fraction of sp³-hybridized carbons (Fsp3) is 0.500. The number of nitrogens with zero attached hydrogens (tertiary/aromatic N) is 1. The lowest BCUT2D eigenvalue weighted by atomic mass is 9.72. The van der Waals surface area contributed by atoms with Gasteiger partial charge in [-0.1, -0.05) is 6.07 Å². The first-order valence-electron chi connectivity index (χ1n) is 6.09. The summed E-state index contributed by atoms with van der Waals surface area (Å²) >= 11 is 0. The van der Waals surface area contributed by atoms with Crippen molar-refractivity contribution in [2.45, 2.75) is 37.6 Å². The highest BCUT2D eigenvalue weighted by Crippen LogP contribution is 2.47. The molecule has 3 nitrogen and oxygen atoms in total. The molecule has 102 valence electrons. The summed E-state index contributed by atoms with van der Waals surface area (Å²) in [4.78, 5) is 14.3. The average Bonchev–Trinajstić information content (AvgIpc) is 2.32. The summed E-state index contributed by atoms with van der Waals surface area (Å²) in [6, 6.07) is 4.58. The second kappa shape index (κ2) is 4.74. The molecule has 0 radical (unpaired) electrons. The number of halogens is 2. The van der Waals surface area contributed by atoms with E-state index in [1.165, 1.54) is 19.2 Å². The van der Waals surface area contributed by atoms with Gasteiger partial charge < -0.3 is 4.74 Å². The van der Waals surface area contributed by atoms with Crippen molar-refractivity contribution < 1.29 is 18.3 Å². The molecule has 0 heterocycles. The standard InChI is InChI=1S/C14H15F2NO2/c1-13(15,16)11-8-10(4-5-12(11)19-2)14(17-9-18)6-3-7-14/h4-5,8H,3,6-7H2,1-2H3. The van der Waals surface area contributed by atoms with E-state index in [0.717, 1.165) is 13.3 Å². The van der Waals surface area contributed by atoms with Crippen molar-refractivity contribution in [3.05, 3.63) is 29.3 Å². The lowest BCUT2D eigenvalue weighted by Gasteiger charge is -2.37. The number of methoxy groups -OCH3 is 1. The lowest BCUT2D eigenvalue weighted by molar-refractivity contribution is 0.0148. The number of ether oxygens (including phenoxy) is 1. The molecule has 5 heteroatoms. The van der Waals surface area contributed by atoms with E-state index in [0.29, 0.717) is 18.4 Å². The second-order valence-electron chi connectivity index (χ2n) is 4.89. The third-order valence-electron chi connectivity index (χ3n) is 3.65. The summed E-state index contributed by atoms with van der Waals surface area (Å²) in [6.07, 6.45) is 3.85. The van der Waals surface area contributed by atoms with Crippen LogP contribution >= 0.6 is 0 Å². The number of benzene rings is 1. The zero-order valence-electron chi connectivity index (χ0n) is 10.9. The van der Waals surface area contributed by atoms with E-state index < -0.39 is 11.5 Å². The van der Waals surface area contributed by atoms with Crippen molar-refractivity contribution in [2.24, 2.45) is 4.99 Å². The number of isocyanates is 1. The van der Waals surface area contributed by atoms with Crippen LogP contribution in [0.1, 0.15) is 37.3 Å². The van der Waals surface area contributed by atoms with E-state index >= 15 is 0 Å². The van der Waals surface area contributed by atoms with Gasteiger partial charge in [0.05, 0.1) is 18.2 Å². The van der Waals surface area contributed by atoms with E-state index in [4.69, 9.17) is 4.74 Å². The molecular weight excluding hydrogens is 252 g/mol. The Bertz CT molecular complexity index is 527. The zero-order valence-corrected chi connectivity index (χ0v) is 10.9. The van der Waals surface area contributed by atoms with Gasteiger partial charge in [0.2, 0.25) is 6.08 Å². The highest BCUT2D eigenvalue weighted by atomic mass is 19.3. The van der Waals surface area contributed by atoms with Crippen molar-refractivity contribution in [2.75, 3.05) is 7.11 Å². The minimum Gasteiger partial charge on any atom is -0.496 e. The Labute approximate surface area is 110 Å². The molecule has 0 unspecified atom stereocenters. The van der Waals surface area contributed by atoms with Crippen LogP contribution in [-0.4, -0.2) is 13.2 Å². The molecule has 0 saturated heterocycles. The van der Waals surface area contributed by atoms with Gasteiger partial charge in [-0.15, -0.1) is 0 Å². The van der Waals surface area contributed by atoms with Crippen LogP contribution in [0.4, 0.5) is 8.78 Å². The molecule has 0 bridgehead atoms. The van der Waals surface area contributed by atoms with Crippen molar-refractivity contribution >= 4 is 6.08 Å². The molecule has 1 aliphatic rings. The SMILES string of the molecule is COc1ccc(C2(N=C=O)CCC2)cc1C(C)(F)F. The summed E-state index contributed by atoms with van der Waals surface area (Å²) < 4.78 is 32.1. The second-order valence-corrected chi connectivity index (χ2v) is 4.89. The van der Waals surface area contributed by atoms with Crippen molar-refractivity contribution in [1.82, 2.24) is 0 Å². The maximum absolute atomic E-state index is 13.6. The van der Waals surface area contributed by atoms with E-state index in [9.17, 15) is 13.6 Å². The fourth-order valence-electron chi connectivity index (χ4n) is 2.40. The molecule has 0 N–H and O–H groups in total. The first-order chi connectivity index (χ1) is 8.93. The van der Waals surface area contributed by atoms with Gasteiger partial charge in [-0.05, 0) is 37.0 Å². The van der Waals surface area contributed by atoms with Gasteiger partial charge in [0.25, 0.3) is 5.92 Å². The van der Waals surface area contributed by atoms with Gasteiger partial charge in [0.15, 0.2) is 0 Å². The van der Waals surface area contributed by atoms with Crippen LogP contribution in [0.25, 0.3) is 0 Å². The van der Waals surface area contributed by atoms with Gasteiger partial charge in [0.1, 0.15) is 5.75 Å². The molecule has 19 heavy (non-hydrogen) atoms. The smallest absolute Gasteiger partial charge is 0.274 e. The Hall–Kier alpha value is -1.74. The van der Waals surface area contributed by atoms with Gasteiger partial charge in [-0.2, -0.15) is 4.99 Å². The minimum atomic E-state index is -3.00. The number of alkyl halides is 2. The molecule has 0 aromatic heterocycles. The topological polar surface area (TPSA) is 38.7 Å². The Morgan fingerprint density at radius 3 is 2.53 bits per heavy atom. The summed E-state index contributed by atoms with van der Waals surface area (Å²) in [7, 11) is 1.35. The van der Waals surface area contributed by atoms with E-state index in [1.54, 1.807) is 12.1 Å². The molecule has 0 atom stereocenters. The fourth-order valence-corrected chi connectivity index (χ4v) is 2.40. The molecular formula is C14H15F2NO2.